The van der Waals surface area contributed by atoms with Crippen LogP contribution in [0.25, 0.3) is 0 Å². The molecule has 0 saturated carbocycles. The van der Waals surface area contributed by atoms with Crippen LogP contribution in [0.4, 0.5) is 0 Å². The van der Waals surface area contributed by atoms with E-state index in [1.807, 2.05) is 26.8 Å². The molecule has 3 nitrogen and oxygen atoms in total. The number of benzene rings is 1. The first-order valence-electron chi connectivity index (χ1n) is 6.01. The molecule has 0 saturated heterocycles. The molecule has 0 bridgehead atoms. The molecule has 19 heavy (non-hydrogen) atoms. The third-order valence-electron chi connectivity index (χ3n) is 2.58. The van der Waals surface area contributed by atoms with Crippen LogP contribution in [0.1, 0.15) is 29.8 Å². The fourth-order valence-corrected chi connectivity index (χ4v) is 2.88. The number of carbonyl (C=O) groups is 1. The highest BCUT2D eigenvalue weighted by Gasteiger charge is 2.19. The molecule has 1 atom stereocenters. The average Bonchev–Trinajstić information content (AvgIpc) is 2.37. The van der Waals surface area contributed by atoms with Crippen molar-refractivity contribution in [2.24, 2.45) is 0 Å². The van der Waals surface area contributed by atoms with Gasteiger partial charge in [-0.25, -0.2) is 0 Å². The van der Waals surface area contributed by atoms with E-state index < -0.39 is 0 Å². The molecular weight excluding hydrogens is 280 g/mol. The summed E-state index contributed by atoms with van der Waals surface area (Å²) in [4.78, 5) is 12.3. The minimum absolute atomic E-state index is 0.0396. The smallest absolute Gasteiger partial charge is 0.220 e. The number of ether oxygens (including phenoxy) is 2. The van der Waals surface area contributed by atoms with Crippen LogP contribution in [-0.4, -0.2) is 29.1 Å². The molecule has 1 aromatic rings. The van der Waals surface area contributed by atoms with Crippen molar-refractivity contribution in [3.8, 4) is 5.75 Å². The zero-order chi connectivity index (χ0) is 14.4. The van der Waals surface area contributed by atoms with Gasteiger partial charge in [-0.2, -0.15) is 0 Å². The van der Waals surface area contributed by atoms with E-state index in [9.17, 15) is 4.79 Å². The lowest BCUT2D eigenvalue weighted by atomic mass is 10.1. The molecule has 104 valence electrons. The summed E-state index contributed by atoms with van der Waals surface area (Å²) in [7, 11) is 1.61. The van der Waals surface area contributed by atoms with Crippen LogP contribution in [0.3, 0.4) is 0 Å². The fourth-order valence-electron chi connectivity index (χ4n) is 1.62. The lowest BCUT2D eigenvalue weighted by Gasteiger charge is -2.12. The van der Waals surface area contributed by atoms with Gasteiger partial charge >= 0.3 is 0 Å². The number of methoxy groups -OCH3 is 1. The molecule has 0 aliphatic rings. The molecule has 0 spiro atoms. The second kappa shape index (κ2) is 7.50. The number of thiocarbonyl (C=S) groups is 1. The number of rotatable bonds is 5. The van der Waals surface area contributed by atoms with Crippen LogP contribution in [0.15, 0.2) is 18.2 Å². The first-order valence-corrected chi connectivity index (χ1v) is 7.30. The minimum atomic E-state index is -0.258. The molecule has 1 rings (SSSR count). The lowest BCUT2D eigenvalue weighted by Crippen LogP contribution is -2.16. The summed E-state index contributed by atoms with van der Waals surface area (Å²) in [6.45, 7) is 6.14. The first-order chi connectivity index (χ1) is 8.99. The van der Waals surface area contributed by atoms with E-state index in [1.165, 1.54) is 11.8 Å². The van der Waals surface area contributed by atoms with Crippen molar-refractivity contribution >= 4 is 34.1 Å². The summed E-state index contributed by atoms with van der Waals surface area (Å²) >= 11 is 6.30. The molecule has 0 heterocycles. The Balaban J connectivity index is 2.77. The van der Waals surface area contributed by atoms with Crippen LogP contribution >= 0.6 is 24.0 Å². The van der Waals surface area contributed by atoms with Crippen molar-refractivity contribution in [3.05, 3.63) is 29.3 Å². The van der Waals surface area contributed by atoms with Gasteiger partial charge in [0.1, 0.15) is 5.75 Å². The molecule has 0 aliphatic heterocycles. The highest BCUT2D eigenvalue weighted by atomic mass is 32.2. The number of carbonyl (C=O) groups excluding carboxylic acids is 1. The quantitative estimate of drug-likeness (QED) is 0.613. The van der Waals surface area contributed by atoms with Crippen molar-refractivity contribution in [2.45, 2.75) is 26.0 Å². The predicted octanol–water partition coefficient (Wildman–Crippen LogP) is 3.63. The number of ketones is 1. The highest BCUT2D eigenvalue weighted by Crippen LogP contribution is 2.23. The summed E-state index contributed by atoms with van der Waals surface area (Å²) in [6.07, 6.45) is 0. The van der Waals surface area contributed by atoms with Crippen molar-refractivity contribution in [3.63, 3.8) is 0 Å². The van der Waals surface area contributed by atoms with Gasteiger partial charge in [-0.1, -0.05) is 11.8 Å². The van der Waals surface area contributed by atoms with Crippen molar-refractivity contribution in [1.82, 2.24) is 0 Å². The van der Waals surface area contributed by atoms with Gasteiger partial charge in [0.25, 0.3) is 0 Å². The summed E-state index contributed by atoms with van der Waals surface area (Å²) in [5.74, 6) is 0.819. The van der Waals surface area contributed by atoms with E-state index in [0.29, 0.717) is 16.6 Å². The molecular formula is C14H18O3S2. The zero-order valence-electron chi connectivity index (χ0n) is 11.6. The average molecular weight is 298 g/mol. The van der Waals surface area contributed by atoms with E-state index in [1.54, 1.807) is 19.2 Å². The topological polar surface area (TPSA) is 35.5 Å². The SMILES string of the molecule is CCOC(=S)SC(C)C(=O)c1ccc(OC)c(C)c1. The third-order valence-corrected chi connectivity index (χ3v) is 3.87. The van der Waals surface area contributed by atoms with Crippen molar-refractivity contribution in [1.29, 1.82) is 0 Å². The second-order valence-corrected chi connectivity index (χ2v) is 5.93. The largest absolute Gasteiger partial charge is 0.496 e. The van der Waals surface area contributed by atoms with Crippen LogP contribution in [0.5, 0.6) is 5.75 Å². The summed E-state index contributed by atoms with van der Waals surface area (Å²) < 4.78 is 10.8. The third kappa shape index (κ3) is 4.51. The first kappa shape index (κ1) is 16.0. The Morgan fingerprint density at radius 1 is 1.47 bits per heavy atom. The van der Waals surface area contributed by atoms with Crippen molar-refractivity contribution in [2.75, 3.05) is 13.7 Å². The molecule has 0 N–H and O–H groups in total. The minimum Gasteiger partial charge on any atom is -0.496 e. The molecule has 0 fully saturated rings. The number of aryl methyl sites for hydroxylation is 1. The summed E-state index contributed by atoms with van der Waals surface area (Å²) in [5, 5.41) is -0.258. The van der Waals surface area contributed by atoms with Gasteiger partial charge in [-0.3, -0.25) is 4.79 Å². The van der Waals surface area contributed by atoms with Crippen LogP contribution in [0, 0.1) is 6.92 Å². The molecule has 0 amide bonds. The van der Waals surface area contributed by atoms with E-state index in [2.05, 4.69) is 0 Å². The molecule has 0 aliphatic carbocycles. The van der Waals surface area contributed by atoms with Crippen LogP contribution in [0.2, 0.25) is 0 Å². The van der Waals surface area contributed by atoms with Crippen molar-refractivity contribution < 1.29 is 14.3 Å². The van der Waals surface area contributed by atoms with Crippen LogP contribution < -0.4 is 4.74 Å². The zero-order valence-corrected chi connectivity index (χ0v) is 13.2. The van der Waals surface area contributed by atoms with E-state index in [4.69, 9.17) is 21.7 Å². The van der Waals surface area contributed by atoms with Gasteiger partial charge in [-0.15, -0.1) is 0 Å². The molecule has 1 aromatic carbocycles. The second-order valence-electron chi connectivity index (χ2n) is 3.99. The summed E-state index contributed by atoms with van der Waals surface area (Å²) in [6, 6.07) is 5.41. The Labute approximate surface area is 123 Å². The van der Waals surface area contributed by atoms with Gasteiger partial charge in [0.15, 0.2) is 5.78 Å². The lowest BCUT2D eigenvalue weighted by molar-refractivity contribution is 0.0994. The van der Waals surface area contributed by atoms with Gasteiger partial charge in [0.05, 0.1) is 19.0 Å². The van der Waals surface area contributed by atoms with E-state index >= 15 is 0 Å². The fraction of sp³-hybridized carbons (Fsp3) is 0.429. The standard InChI is InChI=1S/C14H18O3S2/c1-5-17-14(18)19-10(3)13(15)11-6-7-12(16-4)9(2)8-11/h6-8,10H,5H2,1-4H3. The predicted molar refractivity (Wildman–Crippen MR) is 83.3 cm³/mol. The monoisotopic (exact) mass is 298 g/mol. The molecule has 5 heteroatoms. The Kier molecular flexibility index (Phi) is 6.31. The Morgan fingerprint density at radius 2 is 2.16 bits per heavy atom. The number of Topliss-reactive ketones (excluding diaryl/α,β-unsaturated/α-hetero) is 1. The number of hydrogen-bond acceptors (Lipinski definition) is 5. The van der Waals surface area contributed by atoms with Gasteiger partial charge in [0.2, 0.25) is 4.38 Å². The Morgan fingerprint density at radius 3 is 2.68 bits per heavy atom. The van der Waals surface area contributed by atoms with Gasteiger partial charge < -0.3 is 9.47 Å². The Bertz CT molecular complexity index is 472. The summed E-state index contributed by atoms with van der Waals surface area (Å²) in [5.41, 5.74) is 1.61. The highest BCUT2D eigenvalue weighted by molar-refractivity contribution is 8.23. The molecule has 0 aromatic heterocycles. The number of hydrogen-bond donors (Lipinski definition) is 0. The van der Waals surface area contributed by atoms with E-state index in [0.717, 1.165) is 11.3 Å². The normalized spacial score (nSPS) is 11.8. The number of thioether (sulfide) groups is 1. The van der Waals surface area contributed by atoms with E-state index in [-0.39, 0.29) is 11.0 Å². The molecule has 1 unspecified atom stereocenters. The maximum Gasteiger partial charge on any atom is 0.220 e. The molecule has 0 radical (unpaired) electrons. The van der Waals surface area contributed by atoms with Gasteiger partial charge in [0, 0.05) is 5.56 Å². The van der Waals surface area contributed by atoms with Gasteiger partial charge in [-0.05, 0) is 56.8 Å². The Hall–Kier alpha value is -1.07. The maximum atomic E-state index is 12.3. The van der Waals surface area contributed by atoms with Crippen LogP contribution in [-0.2, 0) is 4.74 Å². The maximum absolute atomic E-state index is 12.3.